The molecule has 0 aliphatic rings. The van der Waals surface area contributed by atoms with E-state index in [1.165, 1.54) is 6.21 Å². The summed E-state index contributed by atoms with van der Waals surface area (Å²) in [6.45, 7) is 0. The van der Waals surface area contributed by atoms with Gasteiger partial charge in [-0.2, -0.15) is 5.10 Å². The van der Waals surface area contributed by atoms with Crippen molar-refractivity contribution >= 4 is 29.7 Å². The van der Waals surface area contributed by atoms with Crippen molar-refractivity contribution in [2.75, 3.05) is 0 Å². The number of amides is 1. The topological polar surface area (TPSA) is 67.8 Å². The Labute approximate surface area is 174 Å². The quantitative estimate of drug-likeness (QED) is 0.269. The molecule has 0 atom stereocenters. The SMILES string of the molecule is O=C(CCc1ccccc1)NN=Cc1cccc(OC(=O)c2ccccc2Cl)c1. The molecule has 1 N–H and O–H groups in total. The average molecular weight is 407 g/mol. The summed E-state index contributed by atoms with van der Waals surface area (Å²) in [6.07, 6.45) is 2.49. The van der Waals surface area contributed by atoms with Crippen LogP contribution in [0.5, 0.6) is 5.75 Å². The van der Waals surface area contributed by atoms with Gasteiger partial charge in [0.15, 0.2) is 0 Å². The Morgan fingerprint density at radius 1 is 0.966 bits per heavy atom. The normalized spacial score (nSPS) is 10.7. The fourth-order valence-electron chi connectivity index (χ4n) is 2.58. The molecule has 0 unspecified atom stereocenters. The number of hydrogen-bond acceptors (Lipinski definition) is 4. The van der Waals surface area contributed by atoms with E-state index in [4.69, 9.17) is 16.3 Å². The van der Waals surface area contributed by atoms with Crippen LogP contribution in [0.15, 0.2) is 84.0 Å². The molecule has 3 aromatic rings. The summed E-state index contributed by atoms with van der Waals surface area (Å²) in [4.78, 5) is 24.1. The van der Waals surface area contributed by atoms with Crippen LogP contribution < -0.4 is 10.2 Å². The first kappa shape index (κ1) is 20.3. The number of ether oxygens (including phenoxy) is 1. The van der Waals surface area contributed by atoms with E-state index in [1.54, 1.807) is 48.5 Å². The van der Waals surface area contributed by atoms with Gasteiger partial charge in [-0.3, -0.25) is 4.79 Å². The number of rotatable bonds is 7. The van der Waals surface area contributed by atoms with Gasteiger partial charge in [0.2, 0.25) is 5.91 Å². The van der Waals surface area contributed by atoms with Crippen molar-refractivity contribution < 1.29 is 14.3 Å². The average Bonchev–Trinajstić information content (AvgIpc) is 2.73. The van der Waals surface area contributed by atoms with Crippen molar-refractivity contribution in [3.8, 4) is 5.75 Å². The van der Waals surface area contributed by atoms with E-state index in [1.807, 2.05) is 30.3 Å². The van der Waals surface area contributed by atoms with Crippen molar-refractivity contribution in [2.45, 2.75) is 12.8 Å². The van der Waals surface area contributed by atoms with Crippen molar-refractivity contribution in [1.29, 1.82) is 0 Å². The third-order valence-corrected chi connectivity index (χ3v) is 4.38. The van der Waals surface area contributed by atoms with Gasteiger partial charge in [-0.1, -0.05) is 66.2 Å². The van der Waals surface area contributed by atoms with E-state index < -0.39 is 5.97 Å². The lowest BCUT2D eigenvalue weighted by atomic mass is 10.1. The number of nitrogens with zero attached hydrogens (tertiary/aromatic N) is 1. The number of esters is 1. The molecule has 0 spiro atoms. The summed E-state index contributed by atoms with van der Waals surface area (Å²) in [5.74, 6) is -0.361. The molecule has 0 saturated heterocycles. The zero-order chi connectivity index (χ0) is 20.5. The number of halogens is 1. The van der Waals surface area contributed by atoms with Crippen molar-refractivity contribution in [1.82, 2.24) is 5.43 Å². The van der Waals surface area contributed by atoms with Crippen LogP contribution in [0.25, 0.3) is 0 Å². The molecule has 5 nitrogen and oxygen atoms in total. The van der Waals surface area contributed by atoms with E-state index in [0.717, 1.165) is 5.56 Å². The Morgan fingerprint density at radius 2 is 1.72 bits per heavy atom. The van der Waals surface area contributed by atoms with Crippen molar-refractivity contribution in [3.63, 3.8) is 0 Å². The zero-order valence-corrected chi connectivity index (χ0v) is 16.3. The molecule has 0 radical (unpaired) electrons. The highest BCUT2D eigenvalue weighted by Crippen LogP contribution is 2.19. The standard InChI is InChI=1S/C23H19ClN2O3/c24-21-12-5-4-11-20(21)23(28)29-19-10-6-9-18(15-19)16-25-26-22(27)14-13-17-7-2-1-3-8-17/h1-12,15-16H,13-14H2,(H,26,27). The van der Waals surface area contributed by atoms with Crippen LogP contribution in [0.3, 0.4) is 0 Å². The largest absolute Gasteiger partial charge is 0.423 e. The molecular formula is C23H19ClN2O3. The summed E-state index contributed by atoms with van der Waals surface area (Å²) in [5.41, 5.74) is 4.57. The number of benzene rings is 3. The summed E-state index contributed by atoms with van der Waals surface area (Å²) in [7, 11) is 0. The fourth-order valence-corrected chi connectivity index (χ4v) is 2.80. The van der Waals surface area contributed by atoms with Crippen LogP contribution in [0.4, 0.5) is 0 Å². The Balaban J connectivity index is 1.53. The fraction of sp³-hybridized carbons (Fsp3) is 0.0870. The highest BCUT2D eigenvalue weighted by atomic mass is 35.5. The number of hydrazone groups is 1. The number of carbonyl (C=O) groups excluding carboxylic acids is 2. The lowest BCUT2D eigenvalue weighted by molar-refractivity contribution is -0.121. The van der Waals surface area contributed by atoms with Crippen LogP contribution >= 0.6 is 11.6 Å². The van der Waals surface area contributed by atoms with Gasteiger partial charge in [0.05, 0.1) is 16.8 Å². The molecule has 3 aromatic carbocycles. The van der Waals surface area contributed by atoms with E-state index >= 15 is 0 Å². The van der Waals surface area contributed by atoms with Crippen LogP contribution in [0.2, 0.25) is 5.02 Å². The maximum Gasteiger partial charge on any atom is 0.345 e. The first-order chi connectivity index (χ1) is 14.1. The molecule has 0 saturated carbocycles. The molecule has 0 aliphatic carbocycles. The van der Waals surface area contributed by atoms with Gasteiger partial charge < -0.3 is 4.74 Å². The summed E-state index contributed by atoms with van der Waals surface area (Å²) < 4.78 is 5.36. The van der Waals surface area contributed by atoms with Gasteiger partial charge in [0.1, 0.15) is 5.75 Å². The third kappa shape index (κ3) is 6.30. The minimum absolute atomic E-state index is 0.175. The van der Waals surface area contributed by atoms with Crippen molar-refractivity contribution in [3.05, 3.63) is 101 Å². The predicted molar refractivity (Wildman–Crippen MR) is 113 cm³/mol. The predicted octanol–water partition coefficient (Wildman–Crippen LogP) is 4.64. The van der Waals surface area contributed by atoms with Gasteiger partial charge in [-0.05, 0) is 41.8 Å². The van der Waals surface area contributed by atoms with Crippen LogP contribution in [0, 0.1) is 0 Å². The first-order valence-corrected chi connectivity index (χ1v) is 9.42. The highest BCUT2D eigenvalue weighted by molar-refractivity contribution is 6.33. The van der Waals surface area contributed by atoms with E-state index in [0.29, 0.717) is 34.7 Å². The van der Waals surface area contributed by atoms with Gasteiger partial charge in [-0.15, -0.1) is 0 Å². The maximum absolute atomic E-state index is 12.2. The van der Waals surface area contributed by atoms with Gasteiger partial charge in [0, 0.05) is 6.42 Å². The first-order valence-electron chi connectivity index (χ1n) is 9.04. The zero-order valence-electron chi connectivity index (χ0n) is 15.5. The van der Waals surface area contributed by atoms with E-state index in [2.05, 4.69) is 10.5 Å². The van der Waals surface area contributed by atoms with Gasteiger partial charge in [0.25, 0.3) is 0 Å². The van der Waals surface area contributed by atoms with Crippen molar-refractivity contribution in [2.24, 2.45) is 5.10 Å². The summed E-state index contributed by atoms with van der Waals surface area (Å²) in [5, 5.41) is 4.29. The smallest absolute Gasteiger partial charge is 0.345 e. The lowest BCUT2D eigenvalue weighted by Crippen LogP contribution is -2.17. The molecular weight excluding hydrogens is 388 g/mol. The number of hydrogen-bond donors (Lipinski definition) is 1. The molecule has 0 aliphatic heterocycles. The molecule has 0 fully saturated rings. The van der Waals surface area contributed by atoms with Crippen LogP contribution in [-0.4, -0.2) is 18.1 Å². The van der Waals surface area contributed by atoms with Crippen LogP contribution in [0.1, 0.15) is 27.9 Å². The molecule has 146 valence electrons. The summed E-state index contributed by atoms with van der Waals surface area (Å²) >= 11 is 6.02. The Hall–Kier alpha value is -3.44. The number of nitrogens with one attached hydrogen (secondary N) is 1. The number of carbonyl (C=O) groups is 2. The molecule has 0 heterocycles. The molecule has 29 heavy (non-hydrogen) atoms. The highest BCUT2D eigenvalue weighted by Gasteiger charge is 2.12. The van der Waals surface area contributed by atoms with E-state index in [9.17, 15) is 9.59 Å². The molecule has 3 rings (SSSR count). The Bertz CT molecular complexity index is 1020. The Kier molecular flexibility index (Phi) is 7.14. The minimum Gasteiger partial charge on any atom is -0.423 e. The van der Waals surface area contributed by atoms with Gasteiger partial charge >= 0.3 is 5.97 Å². The second-order valence-corrected chi connectivity index (χ2v) is 6.63. The molecule has 0 aromatic heterocycles. The van der Waals surface area contributed by atoms with E-state index in [-0.39, 0.29) is 5.91 Å². The number of aryl methyl sites for hydroxylation is 1. The summed E-state index contributed by atoms with van der Waals surface area (Å²) in [6, 6.07) is 23.3. The van der Waals surface area contributed by atoms with Crippen LogP contribution in [-0.2, 0) is 11.2 Å². The second kappa shape index (κ2) is 10.2. The maximum atomic E-state index is 12.2. The monoisotopic (exact) mass is 406 g/mol. The minimum atomic E-state index is -0.543. The molecule has 1 amide bonds. The van der Waals surface area contributed by atoms with Gasteiger partial charge in [-0.25, -0.2) is 10.2 Å². The lowest BCUT2D eigenvalue weighted by Gasteiger charge is -2.06. The second-order valence-electron chi connectivity index (χ2n) is 6.22. The molecule has 6 heteroatoms. The Morgan fingerprint density at radius 3 is 2.52 bits per heavy atom. The molecule has 0 bridgehead atoms. The third-order valence-electron chi connectivity index (χ3n) is 4.05.